The van der Waals surface area contributed by atoms with Gasteiger partial charge in [0.2, 0.25) is 5.91 Å². The Hall–Kier alpha value is -1.69. The number of hydrogen-bond donors (Lipinski definition) is 2. The molecule has 1 aliphatic rings. The second-order valence-electron chi connectivity index (χ2n) is 5.10. The van der Waals surface area contributed by atoms with Crippen LogP contribution in [0.1, 0.15) is 31.7 Å². The molecule has 116 valence electrons. The van der Waals surface area contributed by atoms with Gasteiger partial charge in [0.25, 0.3) is 0 Å². The third-order valence-electron chi connectivity index (χ3n) is 3.18. The molecule has 1 aliphatic carbocycles. The molecule has 0 heterocycles. The third kappa shape index (κ3) is 4.97. The molecular weight excluding hydrogens is 278 g/mol. The van der Waals surface area contributed by atoms with Crippen LogP contribution in [-0.4, -0.2) is 25.1 Å². The van der Waals surface area contributed by atoms with E-state index in [1.807, 2.05) is 0 Å². The average Bonchev–Trinajstić information content (AvgIpc) is 3.24. The normalized spacial score (nSPS) is 14.0. The molecule has 1 aromatic rings. The second kappa shape index (κ2) is 7.36. The van der Waals surface area contributed by atoms with Crippen LogP contribution in [0.15, 0.2) is 12.1 Å². The first-order valence-corrected chi connectivity index (χ1v) is 7.21. The molecule has 0 radical (unpaired) electrons. The fraction of sp³-hybridized carbons (Fsp3) is 0.533. The van der Waals surface area contributed by atoms with E-state index in [1.165, 1.54) is 12.1 Å². The molecule has 2 N–H and O–H groups in total. The summed E-state index contributed by atoms with van der Waals surface area (Å²) in [4.78, 5) is 11.2. The summed E-state index contributed by atoms with van der Waals surface area (Å²) in [7, 11) is 0. The zero-order chi connectivity index (χ0) is 15.2. The molecule has 0 aromatic heterocycles. The first-order chi connectivity index (χ1) is 10.1. The van der Waals surface area contributed by atoms with Gasteiger partial charge in [-0.05, 0) is 37.5 Å². The highest BCUT2D eigenvalue weighted by Gasteiger charge is 2.21. The van der Waals surface area contributed by atoms with E-state index < -0.39 is 17.4 Å². The number of ether oxygens (including phenoxy) is 1. The lowest BCUT2D eigenvalue weighted by Crippen LogP contribution is -2.24. The highest BCUT2D eigenvalue weighted by molar-refractivity contribution is 5.75. The zero-order valence-corrected chi connectivity index (χ0v) is 12.0. The molecule has 0 spiro atoms. The minimum Gasteiger partial charge on any atom is -0.487 e. The van der Waals surface area contributed by atoms with Gasteiger partial charge < -0.3 is 15.4 Å². The minimum atomic E-state index is -0.738. The van der Waals surface area contributed by atoms with Crippen LogP contribution >= 0.6 is 0 Å². The topological polar surface area (TPSA) is 50.4 Å². The number of rotatable bonds is 8. The SMILES string of the molecule is CCNC(=O)CCOc1c(F)cc(CNC2CC2)cc1F. The van der Waals surface area contributed by atoms with Crippen LogP contribution in [0.4, 0.5) is 8.78 Å². The van der Waals surface area contributed by atoms with E-state index in [0.717, 1.165) is 12.8 Å². The molecule has 1 aromatic carbocycles. The molecule has 6 heteroatoms. The molecule has 21 heavy (non-hydrogen) atoms. The Morgan fingerprint density at radius 1 is 1.33 bits per heavy atom. The quantitative estimate of drug-likeness (QED) is 0.773. The van der Waals surface area contributed by atoms with Gasteiger partial charge in [0.05, 0.1) is 13.0 Å². The predicted octanol–water partition coefficient (Wildman–Crippen LogP) is 2.12. The van der Waals surface area contributed by atoms with Crippen LogP contribution in [-0.2, 0) is 11.3 Å². The van der Waals surface area contributed by atoms with Crippen molar-refractivity contribution in [2.75, 3.05) is 13.2 Å². The van der Waals surface area contributed by atoms with Gasteiger partial charge in [-0.25, -0.2) is 8.78 Å². The van der Waals surface area contributed by atoms with Crippen LogP contribution in [0.2, 0.25) is 0 Å². The van der Waals surface area contributed by atoms with Crippen molar-refractivity contribution in [2.45, 2.75) is 38.8 Å². The van der Waals surface area contributed by atoms with E-state index >= 15 is 0 Å². The number of carbonyl (C=O) groups excluding carboxylic acids is 1. The van der Waals surface area contributed by atoms with E-state index in [-0.39, 0.29) is 18.9 Å². The Bertz CT molecular complexity index is 481. The van der Waals surface area contributed by atoms with Crippen molar-refractivity contribution in [1.82, 2.24) is 10.6 Å². The number of benzene rings is 1. The van der Waals surface area contributed by atoms with Crippen LogP contribution in [0.5, 0.6) is 5.75 Å². The summed E-state index contributed by atoms with van der Waals surface area (Å²) in [6.45, 7) is 2.70. The highest BCUT2D eigenvalue weighted by Crippen LogP contribution is 2.24. The largest absolute Gasteiger partial charge is 0.487 e. The average molecular weight is 298 g/mol. The molecule has 0 saturated heterocycles. The molecule has 0 bridgehead atoms. The summed E-state index contributed by atoms with van der Waals surface area (Å²) < 4.78 is 32.7. The summed E-state index contributed by atoms with van der Waals surface area (Å²) in [5.41, 5.74) is 0.549. The summed E-state index contributed by atoms with van der Waals surface area (Å²) >= 11 is 0. The molecular formula is C15H20F2N2O2. The first-order valence-electron chi connectivity index (χ1n) is 7.21. The van der Waals surface area contributed by atoms with E-state index in [0.29, 0.717) is 24.7 Å². The maximum absolute atomic E-state index is 13.8. The number of nitrogens with one attached hydrogen (secondary N) is 2. The molecule has 2 rings (SSSR count). The van der Waals surface area contributed by atoms with Crippen molar-refractivity contribution < 1.29 is 18.3 Å². The van der Waals surface area contributed by atoms with E-state index in [1.54, 1.807) is 6.92 Å². The lowest BCUT2D eigenvalue weighted by atomic mass is 10.2. The lowest BCUT2D eigenvalue weighted by molar-refractivity contribution is -0.121. The van der Waals surface area contributed by atoms with Gasteiger partial charge >= 0.3 is 0 Å². The predicted molar refractivity (Wildman–Crippen MR) is 75.0 cm³/mol. The summed E-state index contributed by atoms with van der Waals surface area (Å²) in [5, 5.41) is 5.78. The van der Waals surface area contributed by atoms with Gasteiger partial charge in [-0.15, -0.1) is 0 Å². The van der Waals surface area contributed by atoms with Crippen molar-refractivity contribution in [3.8, 4) is 5.75 Å². The maximum atomic E-state index is 13.8. The fourth-order valence-corrected chi connectivity index (χ4v) is 1.93. The van der Waals surface area contributed by atoms with Crippen molar-refractivity contribution >= 4 is 5.91 Å². The standard InChI is InChI=1S/C15H20F2N2O2/c1-2-18-14(20)5-6-21-15-12(16)7-10(8-13(15)17)9-19-11-3-4-11/h7-8,11,19H,2-6,9H2,1H3,(H,18,20). The minimum absolute atomic E-state index is 0.0562. The van der Waals surface area contributed by atoms with Crippen LogP contribution in [0, 0.1) is 11.6 Å². The Morgan fingerprint density at radius 3 is 2.57 bits per heavy atom. The van der Waals surface area contributed by atoms with E-state index in [4.69, 9.17) is 4.74 Å². The third-order valence-corrected chi connectivity index (χ3v) is 3.18. The molecule has 0 aliphatic heterocycles. The number of amides is 1. The van der Waals surface area contributed by atoms with Gasteiger partial charge in [-0.1, -0.05) is 0 Å². The second-order valence-corrected chi connectivity index (χ2v) is 5.10. The molecule has 4 nitrogen and oxygen atoms in total. The van der Waals surface area contributed by atoms with E-state index in [9.17, 15) is 13.6 Å². The van der Waals surface area contributed by atoms with Crippen molar-refractivity contribution in [2.24, 2.45) is 0 Å². The number of hydrogen-bond acceptors (Lipinski definition) is 3. The monoisotopic (exact) mass is 298 g/mol. The lowest BCUT2D eigenvalue weighted by Gasteiger charge is -2.10. The molecule has 1 saturated carbocycles. The molecule has 0 atom stereocenters. The van der Waals surface area contributed by atoms with Gasteiger partial charge in [0.1, 0.15) is 0 Å². The molecule has 0 unspecified atom stereocenters. The number of carbonyl (C=O) groups is 1. The highest BCUT2D eigenvalue weighted by atomic mass is 19.1. The number of halogens is 2. The Labute approximate surface area is 122 Å². The van der Waals surface area contributed by atoms with Gasteiger partial charge in [0, 0.05) is 19.1 Å². The molecule has 1 amide bonds. The van der Waals surface area contributed by atoms with Gasteiger partial charge in [-0.3, -0.25) is 4.79 Å². The van der Waals surface area contributed by atoms with Gasteiger partial charge in [0.15, 0.2) is 17.4 Å². The summed E-state index contributed by atoms with van der Waals surface area (Å²) in [5.74, 6) is -2.10. The smallest absolute Gasteiger partial charge is 0.223 e. The molecule has 1 fully saturated rings. The van der Waals surface area contributed by atoms with Crippen LogP contribution in [0.3, 0.4) is 0 Å². The summed E-state index contributed by atoms with van der Waals surface area (Å²) in [6.07, 6.45) is 2.30. The summed E-state index contributed by atoms with van der Waals surface area (Å²) in [6, 6.07) is 3.00. The fourth-order valence-electron chi connectivity index (χ4n) is 1.93. The van der Waals surface area contributed by atoms with Gasteiger partial charge in [-0.2, -0.15) is 0 Å². The van der Waals surface area contributed by atoms with E-state index in [2.05, 4.69) is 10.6 Å². The zero-order valence-electron chi connectivity index (χ0n) is 12.0. The van der Waals surface area contributed by atoms with Crippen LogP contribution in [0.25, 0.3) is 0 Å². The van der Waals surface area contributed by atoms with Crippen molar-refractivity contribution in [3.05, 3.63) is 29.3 Å². The Kier molecular flexibility index (Phi) is 5.50. The van der Waals surface area contributed by atoms with Crippen LogP contribution < -0.4 is 15.4 Å². The first kappa shape index (κ1) is 15.7. The Balaban J connectivity index is 1.88. The van der Waals surface area contributed by atoms with Crippen molar-refractivity contribution in [3.63, 3.8) is 0 Å². The maximum Gasteiger partial charge on any atom is 0.223 e. The Morgan fingerprint density at radius 2 is 2.00 bits per heavy atom. The van der Waals surface area contributed by atoms with Crippen molar-refractivity contribution in [1.29, 1.82) is 0 Å².